The zero-order chi connectivity index (χ0) is 22.7. The number of carbonyl (C=O) groups is 1. The Morgan fingerprint density at radius 2 is 2.12 bits per heavy atom. The zero-order valence-electron chi connectivity index (χ0n) is 17.7. The number of pyridine rings is 1. The van der Waals surface area contributed by atoms with Gasteiger partial charge in [-0.2, -0.15) is 0 Å². The van der Waals surface area contributed by atoms with E-state index in [-0.39, 0.29) is 11.7 Å². The van der Waals surface area contributed by atoms with Gasteiger partial charge >= 0.3 is 5.97 Å². The molecule has 7 heteroatoms. The van der Waals surface area contributed by atoms with Gasteiger partial charge in [-0.05, 0) is 53.8 Å². The second-order valence-corrected chi connectivity index (χ2v) is 8.39. The standard InChI is InChI=1S/C25H24ClFN2O3/c1-32-21-9-8-18(24(27)23(21)17-4-2-6-20(26)13-17)12-16-7-10-22(28-14-16)29-11-3-5-19(15-29)25(30)31/h2,4,6-10,13-14,19H,3,5,11-12,15H2,1H3,(H,30,31). The molecule has 0 aliphatic carbocycles. The van der Waals surface area contributed by atoms with E-state index >= 15 is 4.39 Å². The molecule has 1 atom stereocenters. The number of aliphatic carboxylic acids is 1. The van der Waals surface area contributed by atoms with E-state index in [0.717, 1.165) is 24.3 Å². The predicted octanol–water partition coefficient (Wildman–Crippen LogP) is 5.44. The fourth-order valence-corrected chi connectivity index (χ4v) is 4.33. The smallest absolute Gasteiger partial charge is 0.308 e. The van der Waals surface area contributed by atoms with Crippen LogP contribution >= 0.6 is 11.6 Å². The van der Waals surface area contributed by atoms with Gasteiger partial charge in [-0.3, -0.25) is 4.79 Å². The van der Waals surface area contributed by atoms with Crippen molar-refractivity contribution in [3.05, 3.63) is 76.7 Å². The van der Waals surface area contributed by atoms with Crippen LogP contribution in [0.1, 0.15) is 24.0 Å². The Morgan fingerprint density at radius 3 is 2.81 bits per heavy atom. The van der Waals surface area contributed by atoms with E-state index in [4.69, 9.17) is 16.3 Å². The van der Waals surface area contributed by atoms with E-state index in [9.17, 15) is 9.90 Å². The fourth-order valence-electron chi connectivity index (χ4n) is 4.14. The topological polar surface area (TPSA) is 62.7 Å². The molecule has 0 radical (unpaired) electrons. The lowest BCUT2D eigenvalue weighted by atomic mass is 9.97. The molecule has 3 aromatic rings. The maximum absolute atomic E-state index is 15.5. The van der Waals surface area contributed by atoms with Crippen LogP contribution in [0, 0.1) is 11.7 Å². The Kier molecular flexibility index (Phi) is 6.61. The molecule has 0 saturated carbocycles. The van der Waals surface area contributed by atoms with E-state index in [1.54, 1.807) is 42.6 Å². The highest BCUT2D eigenvalue weighted by Gasteiger charge is 2.26. The van der Waals surface area contributed by atoms with Crippen LogP contribution in [0.4, 0.5) is 10.2 Å². The number of aromatic nitrogens is 1. The number of halogens is 2. The molecule has 1 aliphatic rings. The predicted molar refractivity (Wildman–Crippen MR) is 123 cm³/mol. The molecule has 0 bridgehead atoms. The summed E-state index contributed by atoms with van der Waals surface area (Å²) in [5.41, 5.74) is 2.42. The summed E-state index contributed by atoms with van der Waals surface area (Å²) in [5, 5.41) is 9.82. The van der Waals surface area contributed by atoms with Gasteiger partial charge in [-0.25, -0.2) is 9.37 Å². The van der Waals surface area contributed by atoms with Crippen LogP contribution in [0.5, 0.6) is 5.75 Å². The van der Waals surface area contributed by atoms with Gasteiger partial charge in [-0.1, -0.05) is 35.9 Å². The van der Waals surface area contributed by atoms with E-state index in [1.165, 1.54) is 7.11 Å². The molecule has 1 fully saturated rings. The summed E-state index contributed by atoms with van der Waals surface area (Å²) in [6.45, 7) is 1.24. The minimum Gasteiger partial charge on any atom is -0.496 e. The van der Waals surface area contributed by atoms with Crippen molar-refractivity contribution in [3.63, 3.8) is 0 Å². The van der Waals surface area contributed by atoms with Gasteiger partial charge in [0.1, 0.15) is 17.4 Å². The SMILES string of the molecule is COc1ccc(Cc2ccc(N3CCCC(C(=O)O)C3)nc2)c(F)c1-c1cccc(Cl)c1. The molecule has 166 valence electrons. The first-order chi connectivity index (χ1) is 15.5. The summed E-state index contributed by atoms with van der Waals surface area (Å²) in [4.78, 5) is 17.8. The lowest BCUT2D eigenvalue weighted by Gasteiger charge is -2.31. The normalized spacial score (nSPS) is 16.1. The summed E-state index contributed by atoms with van der Waals surface area (Å²) in [6, 6.07) is 14.3. The minimum absolute atomic E-state index is 0.351. The van der Waals surface area contributed by atoms with Crippen LogP contribution in [0.2, 0.25) is 5.02 Å². The molecule has 0 amide bonds. The van der Waals surface area contributed by atoms with Crippen LogP contribution in [-0.4, -0.2) is 36.3 Å². The lowest BCUT2D eigenvalue weighted by Crippen LogP contribution is -2.39. The second-order valence-electron chi connectivity index (χ2n) is 7.95. The molecule has 4 rings (SSSR count). The van der Waals surface area contributed by atoms with E-state index in [1.807, 2.05) is 17.0 Å². The molecular formula is C25H24ClFN2O3. The van der Waals surface area contributed by atoms with Crippen molar-refractivity contribution < 1.29 is 19.0 Å². The van der Waals surface area contributed by atoms with Gasteiger partial charge < -0.3 is 14.7 Å². The molecule has 1 N–H and O–H groups in total. The first kappa shape index (κ1) is 22.1. The van der Waals surface area contributed by atoms with Gasteiger partial charge in [0.2, 0.25) is 0 Å². The summed E-state index contributed by atoms with van der Waals surface area (Å²) < 4.78 is 20.9. The first-order valence-electron chi connectivity index (χ1n) is 10.5. The molecule has 1 aliphatic heterocycles. The van der Waals surface area contributed by atoms with E-state index in [2.05, 4.69) is 4.98 Å². The van der Waals surface area contributed by atoms with Crippen LogP contribution in [0.15, 0.2) is 54.7 Å². The van der Waals surface area contributed by atoms with Gasteiger partial charge in [0.15, 0.2) is 0 Å². The summed E-state index contributed by atoms with van der Waals surface area (Å²) in [5.74, 6) is -0.300. The number of benzene rings is 2. The average Bonchev–Trinajstić information content (AvgIpc) is 2.80. The second kappa shape index (κ2) is 9.57. The largest absolute Gasteiger partial charge is 0.496 e. The van der Waals surface area contributed by atoms with Crippen molar-refractivity contribution in [2.75, 3.05) is 25.1 Å². The van der Waals surface area contributed by atoms with Crippen molar-refractivity contribution in [3.8, 4) is 16.9 Å². The van der Waals surface area contributed by atoms with Gasteiger partial charge in [0.05, 0.1) is 18.6 Å². The van der Waals surface area contributed by atoms with Crippen molar-refractivity contribution in [2.45, 2.75) is 19.3 Å². The summed E-state index contributed by atoms with van der Waals surface area (Å²) in [6.07, 6.45) is 3.61. The Hall–Kier alpha value is -3.12. The quantitative estimate of drug-likeness (QED) is 0.537. The molecule has 2 heterocycles. The molecule has 5 nitrogen and oxygen atoms in total. The molecular weight excluding hydrogens is 431 g/mol. The van der Waals surface area contributed by atoms with Crippen molar-refractivity contribution in [1.29, 1.82) is 0 Å². The highest BCUT2D eigenvalue weighted by atomic mass is 35.5. The maximum atomic E-state index is 15.5. The van der Waals surface area contributed by atoms with E-state index < -0.39 is 5.97 Å². The Balaban J connectivity index is 1.57. The first-order valence-corrected chi connectivity index (χ1v) is 10.9. The lowest BCUT2D eigenvalue weighted by molar-refractivity contribution is -0.141. The van der Waals surface area contributed by atoms with Crippen molar-refractivity contribution >= 4 is 23.4 Å². The molecule has 0 spiro atoms. The fraction of sp³-hybridized carbons (Fsp3) is 0.280. The van der Waals surface area contributed by atoms with E-state index in [0.29, 0.717) is 46.8 Å². The van der Waals surface area contributed by atoms with Crippen LogP contribution in [0.25, 0.3) is 11.1 Å². The minimum atomic E-state index is -0.767. The zero-order valence-corrected chi connectivity index (χ0v) is 18.5. The third-order valence-corrected chi connectivity index (χ3v) is 6.05. The van der Waals surface area contributed by atoms with Gasteiger partial charge in [0.25, 0.3) is 0 Å². The summed E-state index contributed by atoms with van der Waals surface area (Å²) in [7, 11) is 1.51. The average molecular weight is 455 g/mol. The van der Waals surface area contributed by atoms with Crippen molar-refractivity contribution in [2.24, 2.45) is 5.92 Å². The van der Waals surface area contributed by atoms with Crippen molar-refractivity contribution in [1.82, 2.24) is 4.98 Å². The third-order valence-electron chi connectivity index (χ3n) is 5.82. The highest BCUT2D eigenvalue weighted by Crippen LogP contribution is 2.36. The van der Waals surface area contributed by atoms with Gasteiger partial charge in [0, 0.05) is 30.7 Å². The molecule has 1 unspecified atom stereocenters. The Bertz CT molecular complexity index is 1120. The Labute approximate surface area is 191 Å². The van der Waals surface area contributed by atoms with Crippen LogP contribution in [-0.2, 0) is 11.2 Å². The molecule has 1 aromatic heterocycles. The molecule has 2 aromatic carbocycles. The molecule has 32 heavy (non-hydrogen) atoms. The number of piperidine rings is 1. The highest BCUT2D eigenvalue weighted by molar-refractivity contribution is 6.30. The van der Waals surface area contributed by atoms with Crippen LogP contribution in [0.3, 0.4) is 0 Å². The summed E-state index contributed by atoms with van der Waals surface area (Å²) >= 11 is 6.11. The Morgan fingerprint density at radius 1 is 1.28 bits per heavy atom. The molecule has 1 saturated heterocycles. The van der Waals surface area contributed by atoms with Gasteiger partial charge in [-0.15, -0.1) is 0 Å². The maximum Gasteiger partial charge on any atom is 0.308 e. The number of ether oxygens (including phenoxy) is 1. The third kappa shape index (κ3) is 4.70. The number of carboxylic acid groups (broad SMARTS) is 1. The number of rotatable bonds is 6. The number of carboxylic acids is 1. The monoisotopic (exact) mass is 454 g/mol. The number of methoxy groups -OCH3 is 1. The number of anilines is 1. The number of hydrogen-bond acceptors (Lipinski definition) is 4. The number of hydrogen-bond donors (Lipinski definition) is 1. The number of nitrogens with zero attached hydrogens (tertiary/aromatic N) is 2. The van der Waals surface area contributed by atoms with Crippen LogP contribution < -0.4 is 9.64 Å².